The molecule has 1 amide bonds. The van der Waals surface area contributed by atoms with Gasteiger partial charge in [0.1, 0.15) is 0 Å². The molecule has 1 aliphatic rings. The van der Waals surface area contributed by atoms with Crippen LogP contribution in [0.3, 0.4) is 0 Å². The van der Waals surface area contributed by atoms with Gasteiger partial charge in [0.25, 0.3) is 5.91 Å². The minimum Gasteiger partial charge on any atom is -0.392 e. The molecular formula is C14H17Br2N3OS. The molecule has 1 heterocycles. The molecule has 2 rings (SSSR count). The van der Waals surface area contributed by atoms with Gasteiger partial charge < -0.3 is 10.6 Å². The number of nitrogens with two attached hydrogens (primary N) is 1. The Kier molecular flexibility index (Phi) is 5.76. The minimum atomic E-state index is 0.0528. The highest BCUT2D eigenvalue weighted by Crippen LogP contribution is 2.23. The van der Waals surface area contributed by atoms with Gasteiger partial charge in [-0.05, 0) is 41.1 Å². The van der Waals surface area contributed by atoms with Crippen LogP contribution in [0.4, 0.5) is 0 Å². The van der Waals surface area contributed by atoms with Crippen LogP contribution in [-0.2, 0) is 0 Å². The zero-order valence-corrected chi connectivity index (χ0v) is 15.7. The fraction of sp³-hybridized carbons (Fsp3) is 0.429. The topological polar surface area (TPSA) is 49.6 Å². The van der Waals surface area contributed by atoms with Crippen molar-refractivity contribution in [1.82, 2.24) is 9.80 Å². The van der Waals surface area contributed by atoms with E-state index < -0.39 is 0 Å². The Morgan fingerprint density at radius 1 is 1.29 bits per heavy atom. The van der Waals surface area contributed by atoms with E-state index >= 15 is 0 Å². The van der Waals surface area contributed by atoms with E-state index in [0.29, 0.717) is 23.6 Å². The fourth-order valence-electron chi connectivity index (χ4n) is 2.33. The number of rotatable bonds is 3. The molecule has 1 atom stereocenters. The number of halogens is 2. The Morgan fingerprint density at radius 3 is 2.43 bits per heavy atom. The standard InChI is InChI=1S/C14H17Br2N3OS/c1-9(13(17)21)18-4-6-19(7-5-18)14(20)11-3-2-10(15)8-12(11)16/h2-3,8-9H,4-7H2,1H3,(H2,17,21). The number of nitrogens with zero attached hydrogens (tertiary/aromatic N) is 2. The molecule has 0 bridgehead atoms. The van der Waals surface area contributed by atoms with Crippen LogP contribution < -0.4 is 5.73 Å². The highest BCUT2D eigenvalue weighted by atomic mass is 79.9. The third-order valence-corrected chi connectivity index (χ3v) is 5.21. The van der Waals surface area contributed by atoms with Crippen molar-refractivity contribution in [3.63, 3.8) is 0 Å². The van der Waals surface area contributed by atoms with E-state index in [0.717, 1.165) is 22.0 Å². The smallest absolute Gasteiger partial charge is 0.255 e. The number of hydrogen-bond donors (Lipinski definition) is 1. The average molecular weight is 435 g/mol. The van der Waals surface area contributed by atoms with Gasteiger partial charge in [-0.25, -0.2) is 0 Å². The second kappa shape index (κ2) is 7.17. The number of piperazine rings is 1. The summed E-state index contributed by atoms with van der Waals surface area (Å²) in [5.74, 6) is 0.0528. The van der Waals surface area contributed by atoms with Crippen molar-refractivity contribution in [1.29, 1.82) is 0 Å². The van der Waals surface area contributed by atoms with Gasteiger partial charge in [0.2, 0.25) is 0 Å². The molecule has 114 valence electrons. The average Bonchev–Trinajstić information content (AvgIpc) is 2.46. The Hall–Kier alpha value is -0.500. The highest BCUT2D eigenvalue weighted by Gasteiger charge is 2.26. The van der Waals surface area contributed by atoms with Crippen LogP contribution >= 0.6 is 44.1 Å². The van der Waals surface area contributed by atoms with Gasteiger partial charge in [-0.3, -0.25) is 9.69 Å². The third-order valence-electron chi connectivity index (χ3n) is 3.72. The van der Waals surface area contributed by atoms with Gasteiger partial charge in [0.05, 0.1) is 16.6 Å². The Balaban J connectivity index is 2.02. The van der Waals surface area contributed by atoms with E-state index in [4.69, 9.17) is 18.0 Å². The summed E-state index contributed by atoms with van der Waals surface area (Å²) in [4.78, 5) is 17.1. The molecule has 1 aromatic rings. The van der Waals surface area contributed by atoms with Crippen LogP contribution in [0.15, 0.2) is 27.1 Å². The summed E-state index contributed by atoms with van der Waals surface area (Å²) in [6.07, 6.45) is 0. The molecule has 1 aromatic carbocycles. The summed E-state index contributed by atoms with van der Waals surface area (Å²) in [6, 6.07) is 5.68. The zero-order valence-electron chi connectivity index (χ0n) is 11.7. The maximum Gasteiger partial charge on any atom is 0.255 e. The summed E-state index contributed by atoms with van der Waals surface area (Å²) >= 11 is 11.9. The molecule has 1 unspecified atom stereocenters. The Morgan fingerprint density at radius 2 is 1.90 bits per heavy atom. The predicted octanol–water partition coefficient (Wildman–Crippen LogP) is 2.64. The normalized spacial score (nSPS) is 17.6. The molecule has 0 radical (unpaired) electrons. The minimum absolute atomic E-state index is 0.0528. The summed E-state index contributed by atoms with van der Waals surface area (Å²) in [5.41, 5.74) is 6.37. The summed E-state index contributed by atoms with van der Waals surface area (Å²) in [5, 5.41) is 0. The molecule has 1 aliphatic heterocycles. The van der Waals surface area contributed by atoms with Crippen molar-refractivity contribution in [3.05, 3.63) is 32.7 Å². The predicted molar refractivity (Wildman–Crippen MR) is 95.6 cm³/mol. The molecule has 1 fully saturated rings. The molecule has 21 heavy (non-hydrogen) atoms. The summed E-state index contributed by atoms with van der Waals surface area (Å²) in [7, 11) is 0. The van der Waals surface area contributed by atoms with Crippen LogP contribution in [0, 0.1) is 0 Å². The fourth-order valence-corrected chi connectivity index (χ4v) is 3.69. The number of thiocarbonyl (C=S) groups is 1. The summed E-state index contributed by atoms with van der Waals surface area (Å²) < 4.78 is 1.75. The van der Waals surface area contributed by atoms with Crippen LogP contribution in [0.5, 0.6) is 0 Å². The molecule has 0 aromatic heterocycles. The molecule has 0 aliphatic carbocycles. The zero-order chi connectivity index (χ0) is 15.6. The molecule has 1 saturated heterocycles. The molecule has 7 heteroatoms. The lowest BCUT2D eigenvalue weighted by molar-refractivity contribution is 0.0621. The second-order valence-corrected chi connectivity index (χ2v) is 7.27. The van der Waals surface area contributed by atoms with E-state index in [2.05, 4.69) is 36.8 Å². The Labute approximate surface area is 146 Å². The first-order chi connectivity index (χ1) is 9.90. The van der Waals surface area contributed by atoms with Crippen LogP contribution in [0.2, 0.25) is 0 Å². The van der Waals surface area contributed by atoms with Gasteiger partial charge in [-0.15, -0.1) is 0 Å². The highest BCUT2D eigenvalue weighted by molar-refractivity contribution is 9.11. The number of benzene rings is 1. The van der Waals surface area contributed by atoms with Crippen molar-refractivity contribution in [2.24, 2.45) is 5.73 Å². The molecular weight excluding hydrogens is 418 g/mol. The lowest BCUT2D eigenvalue weighted by Gasteiger charge is -2.37. The number of carbonyl (C=O) groups excluding carboxylic acids is 1. The van der Waals surface area contributed by atoms with E-state index in [1.165, 1.54) is 0 Å². The van der Waals surface area contributed by atoms with Gasteiger partial charge in [0, 0.05) is 35.1 Å². The van der Waals surface area contributed by atoms with Crippen molar-refractivity contribution in [2.45, 2.75) is 13.0 Å². The van der Waals surface area contributed by atoms with Gasteiger partial charge in [-0.2, -0.15) is 0 Å². The Bertz CT molecular complexity index is 559. The molecule has 4 nitrogen and oxygen atoms in total. The largest absolute Gasteiger partial charge is 0.392 e. The monoisotopic (exact) mass is 433 g/mol. The van der Waals surface area contributed by atoms with Gasteiger partial charge in [0.15, 0.2) is 0 Å². The first kappa shape index (κ1) is 16.9. The third kappa shape index (κ3) is 4.03. The lowest BCUT2D eigenvalue weighted by atomic mass is 10.1. The SMILES string of the molecule is CC(C(N)=S)N1CCN(C(=O)c2ccc(Br)cc2Br)CC1. The van der Waals surface area contributed by atoms with E-state index in [1.54, 1.807) is 0 Å². The van der Waals surface area contributed by atoms with Crippen molar-refractivity contribution < 1.29 is 4.79 Å². The van der Waals surface area contributed by atoms with E-state index in [1.807, 2.05) is 30.0 Å². The van der Waals surface area contributed by atoms with E-state index in [9.17, 15) is 4.79 Å². The number of hydrogen-bond acceptors (Lipinski definition) is 3. The number of carbonyl (C=O) groups is 1. The lowest BCUT2D eigenvalue weighted by Crippen LogP contribution is -2.54. The van der Waals surface area contributed by atoms with Crippen LogP contribution in [0.25, 0.3) is 0 Å². The summed E-state index contributed by atoms with van der Waals surface area (Å²) in [6.45, 7) is 4.96. The van der Waals surface area contributed by atoms with Crippen molar-refractivity contribution in [2.75, 3.05) is 26.2 Å². The van der Waals surface area contributed by atoms with Crippen molar-refractivity contribution in [3.8, 4) is 0 Å². The second-order valence-electron chi connectivity index (χ2n) is 5.03. The van der Waals surface area contributed by atoms with Gasteiger partial charge >= 0.3 is 0 Å². The quantitative estimate of drug-likeness (QED) is 0.743. The maximum atomic E-state index is 12.6. The first-order valence-corrected chi connectivity index (χ1v) is 8.67. The first-order valence-electron chi connectivity index (χ1n) is 6.68. The molecule has 2 N–H and O–H groups in total. The molecule has 0 spiro atoms. The van der Waals surface area contributed by atoms with E-state index in [-0.39, 0.29) is 11.9 Å². The number of amides is 1. The van der Waals surface area contributed by atoms with Crippen LogP contribution in [-0.4, -0.2) is 52.9 Å². The molecule has 0 saturated carbocycles. The van der Waals surface area contributed by atoms with Crippen molar-refractivity contribution >= 4 is 55.0 Å². The van der Waals surface area contributed by atoms with Crippen LogP contribution in [0.1, 0.15) is 17.3 Å². The maximum absolute atomic E-state index is 12.6. The van der Waals surface area contributed by atoms with Gasteiger partial charge in [-0.1, -0.05) is 28.1 Å².